The van der Waals surface area contributed by atoms with E-state index in [4.69, 9.17) is 4.98 Å². The first-order chi connectivity index (χ1) is 18.3. The average Bonchev–Trinajstić information content (AvgIpc) is 2.87. The Labute approximate surface area is 255 Å². The van der Waals surface area contributed by atoms with Gasteiger partial charge in [-0.2, -0.15) is 0 Å². The zero-order chi connectivity index (χ0) is 28.9. The van der Waals surface area contributed by atoms with Crippen LogP contribution in [0.2, 0.25) is 19.6 Å². The van der Waals surface area contributed by atoms with Crippen LogP contribution in [-0.4, -0.2) is 23.9 Å². The zero-order valence-corrected chi connectivity index (χ0v) is 28.6. The molecule has 1 N–H and O–H groups in total. The van der Waals surface area contributed by atoms with Crippen molar-refractivity contribution in [2.75, 3.05) is 0 Å². The first-order valence-electron chi connectivity index (χ1n) is 13.7. The standard InChI is InChI=1S/C26H26NSi.C9H16O2.Ir/c1-18-13-19(2)15-22(14-18)26-24(20-9-7-6-8-10-20)16-21-11-12-23(28(3,4)5)17-25(21)27-26;1-6(2)8(10)5-9(11)7(3)4;/h6-14,16-17H,1-5H3;5-7,10H,1-4H3;/q-1;;/b;8-5-;. The van der Waals surface area contributed by atoms with Gasteiger partial charge in [0.15, 0.2) is 5.78 Å². The minimum Gasteiger partial charge on any atom is -0.512 e. The molecule has 0 bridgehead atoms. The van der Waals surface area contributed by atoms with Gasteiger partial charge < -0.3 is 5.11 Å². The Hall–Kier alpha value is -2.85. The molecule has 1 aromatic heterocycles. The van der Waals surface area contributed by atoms with E-state index in [9.17, 15) is 9.90 Å². The Morgan fingerprint density at radius 1 is 0.900 bits per heavy atom. The van der Waals surface area contributed by atoms with Crippen LogP contribution in [0.3, 0.4) is 0 Å². The van der Waals surface area contributed by atoms with Gasteiger partial charge in [0.2, 0.25) is 0 Å². The van der Waals surface area contributed by atoms with Crippen molar-refractivity contribution in [3.05, 3.63) is 95.8 Å². The largest absolute Gasteiger partial charge is 0.512 e. The molecule has 0 saturated heterocycles. The van der Waals surface area contributed by atoms with E-state index >= 15 is 0 Å². The van der Waals surface area contributed by atoms with Crippen LogP contribution in [0.4, 0.5) is 0 Å². The van der Waals surface area contributed by atoms with Gasteiger partial charge in [0, 0.05) is 38.0 Å². The average molecular weight is 729 g/mol. The van der Waals surface area contributed by atoms with Gasteiger partial charge in [-0.05, 0) is 28.3 Å². The molecule has 0 amide bonds. The normalized spacial score (nSPS) is 11.7. The quantitative estimate of drug-likeness (QED) is 0.0935. The number of hydrogen-bond acceptors (Lipinski definition) is 3. The topological polar surface area (TPSA) is 50.2 Å². The van der Waals surface area contributed by atoms with Crippen LogP contribution < -0.4 is 5.19 Å². The number of aliphatic hydroxyl groups excluding tert-OH is 1. The van der Waals surface area contributed by atoms with Gasteiger partial charge in [-0.3, -0.25) is 9.78 Å². The summed E-state index contributed by atoms with van der Waals surface area (Å²) in [5, 5.41) is 11.8. The van der Waals surface area contributed by atoms with E-state index in [-0.39, 0.29) is 43.5 Å². The van der Waals surface area contributed by atoms with Gasteiger partial charge >= 0.3 is 0 Å². The number of aliphatic hydroxyl groups is 1. The maximum Gasteiger partial charge on any atom is 0.161 e. The Morgan fingerprint density at radius 3 is 2.10 bits per heavy atom. The number of ketones is 1. The van der Waals surface area contributed by atoms with E-state index in [1.54, 1.807) is 0 Å². The molecule has 40 heavy (non-hydrogen) atoms. The smallest absolute Gasteiger partial charge is 0.161 e. The summed E-state index contributed by atoms with van der Waals surface area (Å²) in [6, 6.07) is 27.5. The van der Waals surface area contributed by atoms with Crippen molar-refractivity contribution in [2.45, 2.75) is 61.2 Å². The Morgan fingerprint density at radius 2 is 1.55 bits per heavy atom. The molecule has 0 saturated carbocycles. The first-order valence-corrected chi connectivity index (χ1v) is 17.2. The Bertz CT molecular complexity index is 1460. The van der Waals surface area contributed by atoms with E-state index in [2.05, 4.69) is 106 Å². The van der Waals surface area contributed by atoms with Crippen LogP contribution in [0.15, 0.2) is 78.6 Å². The summed E-state index contributed by atoms with van der Waals surface area (Å²) in [6.07, 6.45) is 1.31. The number of hydrogen-bond donors (Lipinski definition) is 1. The number of pyridine rings is 1. The van der Waals surface area contributed by atoms with E-state index in [0.717, 1.165) is 27.9 Å². The SMILES string of the molecule is CC(C)C(=O)/C=C(\O)C(C)C.Cc1[c-]c(-c2nc3cc([Si](C)(C)C)ccc3cc2-c2ccccc2)cc(C)c1.[Ir]. The van der Waals surface area contributed by atoms with Crippen molar-refractivity contribution in [1.29, 1.82) is 0 Å². The second-order valence-corrected chi connectivity index (χ2v) is 17.0. The second-order valence-electron chi connectivity index (χ2n) is 11.9. The molecular weight excluding hydrogens is 687 g/mol. The van der Waals surface area contributed by atoms with Crippen molar-refractivity contribution < 1.29 is 30.0 Å². The third-order valence-electron chi connectivity index (χ3n) is 6.62. The summed E-state index contributed by atoms with van der Waals surface area (Å²) in [5.41, 5.74) is 7.88. The summed E-state index contributed by atoms with van der Waals surface area (Å²) in [4.78, 5) is 16.2. The molecule has 5 heteroatoms. The number of carbonyl (C=O) groups excluding carboxylic acids is 1. The van der Waals surface area contributed by atoms with Gasteiger partial charge in [-0.25, -0.2) is 0 Å². The van der Waals surface area contributed by atoms with Gasteiger partial charge in [-0.1, -0.05) is 115 Å². The maximum absolute atomic E-state index is 11.0. The van der Waals surface area contributed by atoms with Crippen LogP contribution >= 0.6 is 0 Å². The summed E-state index contributed by atoms with van der Waals surface area (Å²) < 4.78 is 0. The number of benzene rings is 3. The number of aromatic nitrogens is 1. The maximum atomic E-state index is 11.0. The predicted octanol–water partition coefficient (Wildman–Crippen LogP) is 8.84. The number of fused-ring (bicyclic) bond motifs is 1. The fourth-order valence-electron chi connectivity index (χ4n) is 4.18. The molecule has 4 rings (SSSR count). The molecule has 213 valence electrons. The molecule has 3 aromatic carbocycles. The Balaban J connectivity index is 0.000000400. The number of allylic oxidation sites excluding steroid dienone is 2. The number of rotatable bonds is 6. The minimum absolute atomic E-state index is 0. The van der Waals surface area contributed by atoms with Crippen LogP contribution in [0.5, 0.6) is 0 Å². The van der Waals surface area contributed by atoms with Crippen LogP contribution in [0.1, 0.15) is 38.8 Å². The molecule has 4 aromatic rings. The van der Waals surface area contributed by atoms with E-state index < -0.39 is 8.07 Å². The molecule has 1 heterocycles. The van der Waals surface area contributed by atoms with E-state index in [0.29, 0.717) is 0 Å². The third kappa shape index (κ3) is 8.82. The van der Waals surface area contributed by atoms with E-state index in [1.165, 1.54) is 27.8 Å². The minimum atomic E-state index is -1.39. The fraction of sp³-hybridized carbons (Fsp3) is 0.314. The van der Waals surface area contributed by atoms with Gasteiger partial charge in [-0.15, -0.1) is 34.9 Å². The molecule has 0 aliphatic rings. The molecule has 0 spiro atoms. The summed E-state index contributed by atoms with van der Waals surface area (Å²) in [5.74, 6) is 0.161. The van der Waals surface area contributed by atoms with Gasteiger partial charge in [0.1, 0.15) is 0 Å². The van der Waals surface area contributed by atoms with Gasteiger partial charge in [0.25, 0.3) is 0 Å². The number of carbonyl (C=O) groups is 1. The molecule has 0 unspecified atom stereocenters. The number of aryl methyl sites for hydroxylation is 2. The second kappa shape index (κ2) is 14.2. The molecule has 0 aliphatic heterocycles. The van der Waals surface area contributed by atoms with Crippen molar-refractivity contribution in [3.8, 4) is 22.4 Å². The van der Waals surface area contributed by atoms with Crippen LogP contribution in [0.25, 0.3) is 33.3 Å². The summed E-state index contributed by atoms with van der Waals surface area (Å²) in [7, 11) is -1.39. The fourth-order valence-corrected chi connectivity index (χ4v) is 5.33. The summed E-state index contributed by atoms with van der Waals surface area (Å²) >= 11 is 0. The molecular formula is C35H42IrNO2Si-. The first kappa shape index (κ1) is 33.4. The van der Waals surface area contributed by atoms with Crippen molar-refractivity contribution in [1.82, 2.24) is 4.98 Å². The molecule has 3 nitrogen and oxygen atoms in total. The molecule has 0 atom stereocenters. The summed E-state index contributed by atoms with van der Waals surface area (Å²) in [6.45, 7) is 18.7. The van der Waals surface area contributed by atoms with Crippen LogP contribution in [0, 0.1) is 31.7 Å². The van der Waals surface area contributed by atoms with E-state index in [1.807, 2.05) is 27.7 Å². The monoisotopic (exact) mass is 729 g/mol. The molecule has 0 aliphatic carbocycles. The number of nitrogens with zero attached hydrogens (tertiary/aromatic N) is 1. The third-order valence-corrected chi connectivity index (χ3v) is 8.67. The van der Waals surface area contributed by atoms with Gasteiger partial charge in [0.05, 0.1) is 19.3 Å². The van der Waals surface area contributed by atoms with Crippen molar-refractivity contribution in [2.24, 2.45) is 11.8 Å². The zero-order valence-electron chi connectivity index (χ0n) is 25.2. The van der Waals surface area contributed by atoms with Crippen LogP contribution in [-0.2, 0) is 24.9 Å². The molecule has 0 fully saturated rings. The molecule has 1 radical (unpaired) electrons. The van der Waals surface area contributed by atoms with Crippen molar-refractivity contribution >= 4 is 29.9 Å². The van der Waals surface area contributed by atoms with Crippen molar-refractivity contribution in [3.63, 3.8) is 0 Å². The predicted molar refractivity (Wildman–Crippen MR) is 169 cm³/mol. The Kier molecular flexibility index (Phi) is 11.8.